The molecular formula is C36H40N2O10S. The summed E-state index contributed by atoms with van der Waals surface area (Å²) in [6.45, 7) is 3.02. The van der Waals surface area contributed by atoms with Gasteiger partial charge in [-0.1, -0.05) is 43.7 Å². The molecule has 0 saturated heterocycles. The number of rotatable bonds is 10. The first kappa shape index (κ1) is 34.8. The molecule has 0 amide bonds. The number of hydrogen-bond donors (Lipinski definition) is 4. The zero-order valence-electron chi connectivity index (χ0n) is 27.3. The molecule has 6 rings (SSSR count). The number of carboxylic acids is 1. The summed E-state index contributed by atoms with van der Waals surface area (Å²) in [7, 11) is -4.23. The minimum absolute atomic E-state index is 0.00528. The Bertz CT molecular complexity index is 1900. The van der Waals surface area contributed by atoms with E-state index >= 15 is 0 Å². The molecule has 260 valence electrons. The SMILES string of the molecule is CC12C=CC(=O)C=C1CCC1C2C(O)CC2(C)C1CCC2(O)C(=O)COS(=O)(=O)CCc1ccccc1N=Nc1ccc(O)c(C(=O)O)c1. The highest BCUT2D eigenvalue weighted by atomic mass is 32.2. The number of allylic oxidation sites excluding steroid dienone is 4. The third kappa shape index (κ3) is 6.17. The quantitative estimate of drug-likeness (QED) is 0.195. The predicted molar refractivity (Wildman–Crippen MR) is 177 cm³/mol. The molecular weight excluding hydrogens is 652 g/mol. The number of azo groups is 1. The summed E-state index contributed by atoms with van der Waals surface area (Å²) in [5, 5.41) is 50.6. The Kier molecular flexibility index (Phi) is 9.01. The summed E-state index contributed by atoms with van der Waals surface area (Å²) in [5.41, 5.74) is -1.68. The number of carboxylic acid groups (broad SMARTS) is 1. The smallest absolute Gasteiger partial charge is 0.339 e. The number of aliphatic hydroxyl groups is 2. The molecule has 7 unspecified atom stereocenters. The average Bonchev–Trinajstić information content (AvgIpc) is 3.33. The van der Waals surface area contributed by atoms with Gasteiger partial charge in [0.15, 0.2) is 11.6 Å². The van der Waals surface area contributed by atoms with Gasteiger partial charge in [-0.15, -0.1) is 0 Å². The number of benzene rings is 2. The second-order valence-corrected chi connectivity index (χ2v) is 15.9. The molecule has 49 heavy (non-hydrogen) atoms. The lowest BCUT2D eigenvalue weighted by molar-refractivity contribution is -0.178. The van der Waals surface area contributed by atoms with Crippen molar-refractivity contribution in [2.75, 3.05) is 12.4 Å². The largest absolute Gasteiger partial charge is 0.507 e. The molecule has 0 heterocycles. The summed E-state index contributed by atoms with van der Waals surface area (Å²) >= 11 is 0. The summed E-state index contributed by atoms with van der Waals surface area (Å²) in [6.07, 6.45) is 6.49. The van der Waals surface area contributed by atoms with E-state index in [2.05, 4.69) is 10.2 Å². The molecule has 13 heteroatoms. The highest BCUT2D eigenvalue weighted by Crippen LogP contribution is 2.67. The highest BCUT2D eigenvalue weighted by Gasteiger charge is 2.68. The Hall–Kier alpha value is -4.04. The number of aromatic hydroxyl groups is 1. The van der Waals surface area contributed by atoms with E-state index in [0.717, 1.165) is 18.1 Å². The van der Waals surface area contributed by atoms with Gasteiger partial charge in [0, 0.05) is 16.7 Å². The Morgan fingerprint density at radius 3 is 2.59 bits per heavy atom. The monoisotopic (exact) mass is 692 g/mol. The maximum Gasteiger partial charge on any atom is 0.339 e. The number of nitrogens with zero attached hydrogens (tertiary/aromatic N) is 2. The molecule has 0 spiro atoms. The van der Waals surface area contributed by atoms with E-state index in [1.165, 1.54) is 12.1 Å². The predicted octanol–water partition coefficient (Wildman–Crippen LogP) is 4.97. The van der Waals surface area contributed by atoms with Crippen molar-refractivity contribution in [3.8, 4) is 5.75 Å². The minimum atomic E-state index is -4.23. The Morgan fingerprint density at radius 1 is 1.08 bits per heavy atom. The van der Waals surface area contributed by atoms with Crippen LogP contribution in [0, 0.1) is 28.6 Å². The van der Waals surface area contributed by atoms with Crippen LogP contribution < -0.4 is 0 Å². The number of aliphatic hydroxyl groups excluding tert-OH is 1. The van der Waals surface area contributed by atoms with Crippen LogP contribution in [0.25, 0.3) is 0 Å². The molecule has 0 aliphatic heterocycles. The van der Waals surface area contributed by atoms with Gasteiger partial charge in [-0.25, -0.2) is 4.79 Å². The molecule has 3 saturated carbocycles. The molecule has 0 aromatic heterocycles. The Morgan fingerprint density at radius 2 is 1.84 bits per heavy atom. The van der Waals surface area contributed by atoms with Gasteiger partial charge in [-0.3, -0.25) is 13.8 Å². The van der Waals surface area contributed by atoms with Crippen LogP contribution in [0.1, 0.15) is 61.9 Å². The van der Waals surface area contributed by atoms with Crippen molar-refractivity contribution >= 4 is 39.0 Å². The summed E-state index contributed by atoms with van der Waals surface area (Å²) < 4.78 is 31.1. The van der Waals surface area contributed by atoms with E-state index in [9.17, 15) is 43.2 Å². The molecule has 2 aromatic rings. The second-order valence-electron chi connectivity index (χ2n) is 14.1. The van der Waals surface area contributed by atoms with Gasteiger partial charge in [-0.05, 0) is 92.3 Å². The van der Waals surface area contributed by atoms with Crippen molar-refractivity contribution in [1.82, 2.24) is 0 Å². The lowest BCUT2D eigenvalue weighted by Gasteiger charge is -2.59. The van der Waals surface area contributed by atoms with Crippen LogP contribution in [0.3, 0.4) is 0 Å². The first-order chi connectivity index (χ1) is 23.1. The normalized spacial score (nSPS) is 32.3. The number of ketones is 2. The van der Waals surface area contributed by atoms with Crippen LogP contribution in [0.15, 0.2) is 76.5 Å². The van der Waals surface area contributed by atoms with Crippen LogP contribution in [0.2, 0.25) is 0 Å². The van der Waals surface area contributed by atoms with Crippen LogP contribution in [-0.2, 0) is 30.3 Å². The molecule has 4 aliphatic carbocycles. The number of hydrogen-bond acceptors (Lipinski definition) is 11. The zero-order chi connectivity index (χ0) is 35.4. The summed E-state index contributed by atoms with van der Waals surface area (Å²) in [6, 6.07) is 10.4. The standard InChI is InChI=1S/C36H40N2O10S/c1-34-14-11-24(39)17-22(34)7-9-25-27-12-15-36(45,35(27,2)19-30(41)32(25)34)31(42)20-48-49(46,47)16-13-21-5-3-4-6-28(21)38-37-23-8-10-29(40)26(18-23)33(43)44/h3-6,8,10-11,14,17-18,25,27,30,32,40-41,45H,7,9,12-13,15-16,19-20H2,1-2H3,(H,43,44). The molecule has 0 radical (unpaired) electrons. The molecule has 7 atom stereocenters. The average molecular weight is 693 g/mol. The summed E-state index contributed by atoms with van der Waals surface area (Å²) in [4.78, 5) is 37.0. The fourth-order valence-corrected chi connectivity index (χ4v) is 9.91. The van der Waals surface area contributed by atoms with E-state index in [1.807, 2.05) is 19.9 Å². The highest BCUT2D eigenvalue weighted by molar-refractivity contribution is 7.86. The Labute approximate surface area is 284 Å². The molecule has 0 bridgehead atoms. The number of carbonyl (C=O) groups excluding carboxylic acids is 2. The van der Waals surface area contributed by atoms with Gasteiger partial charge in [0.05, 0.1) is 23.2 Å². The molecule has 12 nitrogen and oxygen atoms in total. The van der Waals surface area contributed by atoms with Crippen LogP contribution in [-0.4, -0.2) is 70.4 Å². The Balaban J connectivity index is 1.11. The second kappa shape index (κ2) is 12.7. The number of phenols is 1. The van der Waals surface area contributed by atoms with Crippen LogP contribution >= 0.6 is 0 Å². The van der Waals surface area contributed by atoms with E-state index in [1.54, 1.807) is 36.4 Å². The summed E-state index contributed by atoms with van der Waals surface area (Å²) in [5.74, 6) is -3.28. The third-order valence-corrected chi connectivity index (χ3v) is 12.8. The maximum atomic E-state index is 13.6. The first-order valence-corrected chi connectivity index (χ1v) is 18.0. The van der Waals surface area contributed by atoms with E-state index in [0.29, 0.717) is 24.1 Å². The number of aryl methyl sites for hydroxylation is 1. The fourth-order valence-electron chi connectivity index (χ4n) is 9.03. The van der Waals surface area contributed by atoms with Gasteiger partial charge in [-0.2, -0.15) is 18.6 Å². The lowest BCUT2D eigenvalue weighted by atomic mass is 9.46. The molecule has 4 N–H and O–H groups in total. The van der Waals surface area contributed by atoms with Gasteiger partial charge >= 0.3 is 5.97 Å². The van der Waals surface area contributed by atoms with Crippen molar-refractivity contribution in [2.45, 2.75) is 64.1 Å². The van der Waals surface area contributed by atoms with E-state index < -0.39 is 62.5 Å². The van der Waals surface area contributed by atoms with Gasteiger partial charge < -0.3 is 20.4 Å². The van der Waals surface area contributed by atoms with Gasteiger partial charge in [0.2, 0.25) is 0 Å². The van der Waals surface area contributed by atoms with Crippen molar-refractivity contribution in [3.63, 3.8) is 0 Å². The zero-order valence-corrected chi connectivity index (χ0v) is 28.1. The van der Waals surface area contributed by atoms with E-state index in [-0.39, 0.29) is 54.1 Å². The number of Topliss-reactive ketones (excluding diaryl/α,β-unsaturated/α-hetero) is 1. The third-order valence-electron chi connectivity index (χ3n) is 11.6. The van der Waals surface area contributed by atoms with Crippen LogP contribution in [0.4, 0.5) is 11.4 Å². The number of fused-ring (bicyclic) bond motifs is 5. The van der Waals surface area contributed by atoms with Crippen LogP contribution in [0.5, 0.6) is 5.75 Å². The van der Waals surface area contributed by atoms with E-state index in [4.69, 9.17) is 4.18 Å². The number of aromatic carboxylic acids is 1. The molecule has 4 aliphatic rings. The van der Waals surface area contributed by atoms with Gasteiger partial charge in [0.25, 0.3) is 10.1 Å². The minimum Gasteiger partial charge on any atom is -0.507 e. The lowest BCUT2D eigenvalue weighted by Crippen LogP contribution is -2.61. The topological polar surface area (TPSA) is 200 Å². The number of carbonyl (C=O) groups is 3. The molecule has 2 aromatic carbocycles. The first-order valence-electron chi connectivity index (χ1n) is 16.4. The maximum absolute atomic E-state index is 13.6. The van der Waals surface area contributed by atoms with Gasteiger partial charge in [0.1, 0.15) is 23.5 Å². The van der Waals surface area contributed by atoms with Crippen molar-refractivity contribution < 1.29 is 47.4 Å². The fraction of sp³-hybridized carbons (Fsp3) is 0.472. The van der Waals surface area contributed by atoms with Crippen molar-refractivity contribution in [2.24, 2.45) is 38.8 Å². The molecule has 3 fully saturated rings. The van der Waals surface area contributed by atoms with Crippen molar-refractivity contribution in [3.05, 3.63) is 77.4 Å². The van der Waals surface area contributed by atoms with Crippen molar-refractivity contribution in [1.29, 1.82) is 0 Å².